The van der Waals surface area contributed by atoms with E-state index in [-0.39, 0.29) is 17.9 Å². The molecule has 1 aromatic carbocycles. The number of fused-ring (bicyclic) bond motifs is 1. The minimum absolute atomic E-state index is 0.0440. The van der Waals surface area contributed by atoms with Crippen molar-refractivity contribution in [3.05, 3.63) is 40.7 Å². The van der Waals surface area contributed by atoms with Crippen LogP contribution in [0.5, 0.6) is 0 Å². The molecule has 0 saturated carbocycles. The first kappa shape index (κ1) is 15.7. The first-order valence-corrected chi connectivity index (χ1v) is 7.86. The number of amides is 1. The molecule has 0 bridgehead atoms. The molecule has 0 N–H and O–H groups in total. The van der Waals surface area contributed by atoms with Crippen LogP contribution >= 0.6 is 0 Å². The highest BCUT2D eigenvalue weighted by Gasteiger charge is 2.33. The number of carbonyl (C=O) groups excluding carboxylic acids is 1. The monoisotopic (exact) mass is 314 g/mol. The number of likely N-dealkylation sites (tertiary alicyclic amines) is 1. The Morgan fingerprint density at radius 2 is 2.04 bits per heavy atom. The molecule has 0 unspecified atom stereocenters. The number of nitrogens with zero attached hydrogens (tertiary/aromatic N) is 4. The van der Waals surface area contributed by atoms with Crippen molar-refractivity contribution >= 4 is 16.8 Å². The van der Waals surface area contributed by atoms with Gasteiger partial charge in [0.2, 0.25) is 11.3 Å². The number of rotatable bonds is 3. The lowest BCUT2D eigenvalue weighted by Crippen LogP contribution is -2.37. The Balaban J connectivity index is 1.82. The van der Waals surface area contributed by atoms with Gasteiger partial charge in [0.05, 0.1) is 11.7 Å². The van der Waals surface area contributed by atoms with E-state index < -0.39 is 0 Å². The maximum Gasteiger partial charge on any atom is 0.244 e. The SMILES string of the molecule is C[C@@H]1CN(C(=O)Cn2ncc(=O)c3ccccc32)C[C@H]1N(C)C. The molecule has 1 amide bonds. The Morgan fingerprint density at radius 3 is 2.74 bits per heavy atom. The van der Waals surface area contributed by atoms with E-state index in [4.69, 9.17) is 0 Å². The van der Waals surface area contributed by atoms with Crippen LogP contribution in [-0.4, -0.2) is 58.7 Å². The van der Waals surface area contributed by atoms with Crippen LogP contribution in [-0.2, 0) is 11.3 Å². The number of aromatic nitrogens is 2. The van der Waals surface area contributed by atoms with Crippen LogP contribution < -0.4 is 5.43 Å². The topological polar surface area (TPSA) is 58.4 Å². The number of hydrogen-bond donors (Lipinski definition) is 0. The summed E-state index contributed by atoms with van der Waals surface area (Å²) in [6.45, 7) is 3.84. The normalized spacial score (nSPS) is 21.3. The van der Waals surface area contributed by atoms with Crippen molar-refractivity contribution < 1.29 is 4.79 Å². The second-order valence-corrected chi connectivity index (χ2v) is 6.49. The quantitative estimate of drug-likeness (QED) is 0.841. The van der Waals surface area contributed by atoms with E-state index in [1.807, 2.05) is 37.2 Å². The van der Waals surface area contributed by atoms with Crippen molar-refractivity contribution in [3.8, 4) is 0 Å². The molecule has 1 saturated heterocycles. The number of hydrogen-bond acceptors (Lipinski definition) is 4. The summed E-state index contributed by atoms with van der Waals surface area (Å²) in [7, 11) is 4.10. The number of benzene rings is 1. The summed E-state index contributed by atoms with van der Waals surface area (Å²) in [6, 6.07) is 7.65. The molecule has 23 heavy (non-hydrogen) atoms. The molecule has 1 aromatic heterocycles. The predicted octanol–water partition coefficient (Wildman–Crippen LogP) is 0.805. The zero-order chi connectivity index (χ0) is 16.6. The van der Waals surface area contributed by atoms with Crippen molar-refractivity contribution in [3.63, 3.8) is 0 Å². The summed E-state index contributed by atoms with van der Waals surface area (Å²) in [5.41, 5.74) is 0.580. The minimum atomic E-state index is -0.119. The molecule has 1 aliphatic rings. The Morgan fingerprint density at radius 1 is 1.30 bits per heavy atom. The molecule has 2 heterocycles. The maximum absolute atomic E-state index is 12.6. The van der Waals surface area contributed by atoms with Crippen LogP contribution in [0.25, 0.3) is 10.9 Å². The van der Waals surface area contributed by atoms with Gasteiger partial charge in [0.15, 0.2) is 0 Å². The first-order chi connectivity index (χ1) is 11.0. The van der Waals surface area contributed by atoms with Crippen molar-refractivity contribution in [2.45, 2.75) is 19.5 Å². The van der Waals surface area contributed by atoms with E-state index in [2.05, 4.69) is 16.9 Å². The van der Waals surface area contributed by atoms with Gasteiger partial charge in [0.1, 0.15) is 6.54 Å². The van der Waals surface area contributed by atoms with E-state index >= 15 is 0 Å². The van der Waals surface area contributed by atoms with Gasteiger partial charge in [0, 0.05) is 24.5 Å². The van der Waals surface area contributed by atoms with E-state index in [1.54, 1.807) is 10.7 Å². The molecule has 6 heteroatoms. The van der Waals surface area contributed by atoms with E-state index in [0.717, 1.165) is 13.1 Å². The zero-order valence-electron chi connectivity index (χ0n) is 13.8. The summed E-state index contributed by atoms with van der Waals surface area (Å²) in [4.78, 5) is 28.5. The van der Waals surface area contributed by atoms with Crippen LogP contribution in [0.15, 0.2) is 35.3 Å². The molecule has 6 nitrogen and oxygen atoms in total. The molecule has 1 aliphatic heterocycles. The molecule has 0 radical (unpaired) electrons. The molecule has 1 fully saturated rings. The molecule has 122 valence electrons. The third-order valence-electron chi connectivity index (χ3n) is 4.64. The summed E-state index contributed by atoms with van der Waals surface area (Å²) < 4.78 is 1.62. The van der Waals surface area contributed by atoms with Gasteiger partial charge in [0.25, 0.3) is 0 Å². The van der Waals surface area contributed by atoms with Crippen LogP contribution in [0.1, 0.15) is 6.92 Å². The highest BCUT2D eigenvalue weighted by Crippen LogP contribution is 2.20. The number of carbonyl (C=O) groups is 1. The summed E-state index contributed by atoms with van der Waals surface area (Å²) >= 11 is 0. The highest BCUT2D eigenvalue weighted by atomic mass is 16.2. The molecular formula is C17H22N4O2. The van der Waals surface area contributed by atoms with Gasteiger partial charge in [-0.2, -0.15) is 5.10 Å². The fourth-order valence-corrected chi connectivity index (χ4v) is 3.34. The molecule has 0 aliphatic carbocycles. The molecule has 3 rings (SSSR count). The Bertz CT molecular complexity index is 784. The maximum atomic E-state index is 12.6. The smallest absolute Gasteiger partial charge is 0.244 e. The number of likely N-dealkylation sites (N-methyl/N-ethyl adjacent to an activating group) is 1. The van der Waals surface area contributed by atoms with Crippen molar-refractivity contribution in [2.24, 2.45) is 5.92 Å². The van der Waals surface area contributed by atoms with E-state index in [9.17, 15) is 9.59 Å². The molecular weight excluding hydrogens is 292 g/mol. The van der Waals surface area contributed by atoms with Gasteiger partial charge in [-0.1, -0.05) is 19.1 Å². The van der Waals surface area contributed by atoms with E-state index in [0.29, 0.717) is 22.9 Å². The average molecular weight is 314 g/mol. The fourth-order valence-electron chi connectivity index (χ4n) is 3.34. The summed E-state index contributed by atoms with van der Waals surface area (Å²) in [6.07, 6.45) is 1.28. The van der Waals surface area contributed by atoms with Gasteiger partial charge in [-0.15, -0.1) is 0 Å². The van der Waals surface area contributed by atoms with Gasteiger partial charge in [-0.3, -0.25) is 14.3 Å². The highest BCUT2D eigenvalue weighted by molar-refractivity contribution is 5.81. The molecule has 2 atom stereocenters. The Hall–Kier alpha value is -2.21. The largest absolute Gasteiger partial charge is 0.339 e. The third-order valence-corrected chi connectivity index (χ3v) is 4.64. The average Bonchev–Trinajstić information content (AvgIpc) is 2.92. The summed E-state index contributed by atoms with van der Waals surface area (Å²) in [5, 5.41) is 4.73. The fraction of sp³-hybridized carbons (Fsp3) is 0.471. The van der Waals surface area contributed by atoms with E-state index in [1.165, 1.54) is 6.20 Å². The van der Waals surface area contributed by atoms with Crippen molar-refractivity contribution in [1.29, 1.82) is 0 Å². The van der Waals surface area contributed by atoms with Gasteiger partial charge in [-0.25, -0.2) is 0 Å². The predicted molar refractivity (Wildman–Crippen MR) is 89.2 cm³/mol. The zero-order valence-corrected chi connectivity index (χ0v) is 13.8. The van der Waals surface area contributed by atoms with Crippen molar-refractivity contribution in [2.75, 3.05) is 27.2 Å². The standard InChI is InChI=1S/C17H22N4O2/c1-12-9-20(10-15(12)19(2)3)17(23)11-21-14-7-5-4-6-13(14)16(22)8-18-21/h4-8,12,15H,9-11H2,1-3H3/t12-,15-/m1/s1. The minimum Gasteiger partial charge on any atom is -0.339 e. The Labute approximate surface area is 135 Å². The van der Waals surface area contributed by atoms with Crippen molar-refractivity contribution in [1.82, 2.24) is 19.6 Å². The molecule has 2 aromatic rings. The van der Waals surface area contributed by atoms with Gasteiger partial charge >= 0.3 is 0 Å². The summed E-state index contributed by atoms with van der Waals surface area (Å²) in [5.74, 6) is 0.496. The van der Waals surface area contributed by atoms with Crippen LogP contribution in [0.4, 0.5) is 0 Å². The lowest BCUT2D eigenvalue weighted by atomic mass is 10.1. The van der Waals surface area contributed by atoms with Gasteiger partial charge < -0.3 is 9.80 Å². The Kier molecular flexibility index (Phi) is 4.17. The number of para-hydroxylation sites is 1. The molecule has 0 spiro atoms. The lowest BCUT2D eigenvalue weighted by Gasteiger charge is -2.22. The van der Waals surface area contributed by atoms with Crippen LogP contribution in [0.3, 0.4) is 0 Å². The van der Waals surface area contributed by atoms with Crippen LogP contribution in [0.2, 0.25) is 0 Å². The van der Waals surface area contributed by atoms with Gasteiger partial charge in [-0.05, 0) is 32.1 Å². The first-order valence-electron chi connectivity index (χ1n) is 7.86. The third kappa shape index (κ3) is 2.99. The second kappa shape index (κ2) is 6.12. The lowest BCUT2D eigenvalue weighted by molar-refractivity contribution is -0.131. The second-order valence-electron chi connectivity index (χ2n) is 6.49. The van der Waals surface area contributed by atoms with Crippen LogP contribution in [0, 0.1) is 5.92 Å².